The van der Waals surface area contributed by atoms with Crippen molar-refractivity contribution in [3.8, 4) is 0 Å². The van der Waals surface area contributed by atoms with Gasteiger partial charge in [0.05, 0.1) is 0 Å². The van der Waals surface area contributed by atoms with Crippen LogP contribution in [0.15, 0.2) is 0 Å². The first kappa shape index (κ1) is 14.7. The molecule has 1 rings (SSSR count). The molecule has 0 aliphatic carbocycles. The zero-order valence-electron chi connectivity index (χ0n) is 12.0. The van der Waals surface area contributed by atoms with Crippen LogP contribution in [0.25, 0.3) is 0 Å². The number of aromatic nitrogens is 3. The molecule has 0 radical (unpaired) electrons. The zero-order valence-corrected chi connectivity index (χ0v) is 12.0. The number of hydrogen-bond donors (Lipinski definition) is 2. The fraction of sp³-hybridized carbons (Fsp3) is 0.769. The summed E-state index contributed by atoms with van der Waals surface area (Å²) >= 11 is 0. The Balaban J connectivity index is 2.88. The summed E-state index contributed by atoms with van der Waals surface area (Å²) in [6.07, 6.45) is 3.15. The molecule has 5 nitrogen and oxygen atoms in total. The van der Waals surface area contributed by atoms with Crippen LogP contribution < -0.4 is 10.6 Å². The summed E-state index contributed by atoms with van der Waals surface area (Å²) in [6.45, 7) is 10.3. The van der Waals surface area contributed by atoms with E-state index in [0.29, 0.717) is 17.8 Å². The van der Waals surface area contributed by atoms with Gasteiger partial charge in [0.15, 0.2) is 0 Å². The number of nitrogens with zero attached hydrogens (tertiary/aromatic N) is 3. The van der Waals surface area contributed by atoms with E-state index in [-0.39, 0.29) is 0 Å². The molecule has 0 saturated heterocycles. The molecule has 0 aliphatic rings. The van der Waals surface area contributed by atoms with Crippen LogP contribution in [0.4, 0.5) is 11.9 Å². The summed E-state index contributed by atoms with van der Waals surface area (Å²) in [7, 11) is 0. The second-order valence-electron chi connectivity index (χ2n) is 4.50. The lowest BCUT2D eigenvalue weighted by atomic mass is 10.1. The molecule has 1 atom stereocenters. The summed E-state index contributed by atoms with van der Waals surface area (Å²) in [5.74, 6) is 2.59. The van der Waals surface area contributed by atoms with Gasteiger partial charge in [0, 0.05) is 19.0 Å². The van der Waals surface area contributed by atoms with Crippen molar-refractivity contribution in [3.05, 3.63) is 5.82 Å². The maximum atomic E-state index is 4.48. The topological polar surface area (TPSA) is 62.7 Å². The first-order valence-corrected chi connectivity index (χ1v) is 6.94. The van der Waals surface area contributed by atoms with Gasteiger partial charge in [-0.1, -0.05) is 27.7 Å². The Kier molecular flexibility index (Phi) is 6.39. The monoisotopic (exact) mass is 251 g/mol. The normalized spacial score (nSPS) is 12.2. The third-order valence-corrected chi connectivity index (χ3v) is 2.77. The minimum Gasteiger partial charge on any atom is -0.354 e. The van der Waals surface area contributed by atoms with Gasteiger partial charge in [-0.3, -0.25) is 0 Å². The van der Waals surface area contributed by atoms with E-state index >= 15 is 0 Å². The molecule has 0 bridgehead atoms. The highest BCUT2D eigenvalue weighted by Gasteiger charge is 2.11. The van der Waals surface area contributed by atoms with Crippen molar-refractivity contribution in [1.29, 1.82) is 0 Å². The van der Waals surface area contributed by atoms with E-state index in [1.165, 1.54) is 0 Å². The summed E-state index contributed by atoms with van der Waals surface area (Å²) < 4.78 is 0. The lowest BCUT2D eigenvalue weighted by Gasteiger charge is -2.12. The van der Waals surface area contributed by atoms with Gasteiger partial charge in [0.1, 0.15) is 5.82 Å². The zero-order chi connectivity index (χ0) is 13.4. The lowest BCUT2D eigenvalue weighted by Crippen LogP contribution is -2.13. The summed E-state index contributed by atoms with van der Waals surface area (Å²) in [5, 5.41) is 6.46. The molecule has 0 spiro atoms. The van der Waals surface area contributed by atoms with Gasteiger partial charge in [0.2, 0.25) is 11.9 Å². The fourth-order valence-electron chi connectivity index (χ4n) is 1.43. The van der Waals surface area contributed by atoms with Crippen molar-refractivity contribution in [3.63, 3.8) is 0 Å². The molecule has 5 heteroatoms. The minimum atomic E-state index is 0.359. The third-order valence-electron chi connectivity index (χ3n) is 2.77. The average Bonchev–Trinajstić information content (AvgIpc) is 2.41. The van der Waals surface area contributed by atoms with Gasteiger partial charge in [0.25, 0.3) is 0 Å². The van der Waals surface area contributed by atoms with Crippen LogP contribution >= 0.6 is 0 Å². The largest absolute Gasteiger partial charge is 0.354 e. The van der Waals surface area contributed by atoms with Crippen LogP contribution in [0.5, 0.6) is 0 Å². The van der Waals surface area contributed by atoms with Gasteiger partial charge >= 0.3 is 0 Å². The Morgan fingerprint density at radius 2 is 1.39 bits per heavy atom. The molecule has 2 N–H and O–H groups in total. The van der Waals surface area contributed by atoms with Crippen LogP contribution in [-0.2, 0) is 0 Å². The first-order valence-electron chi connectivity index (χ1n) is 6.94. The molecule has 0 fully saturated rings. The molecule has 1 aromatic heterocycles. The van der Waals surface area contributed by atoms with E-state index in [2.05, 4.69) is 53.3 Å². The van der Waals surface area contributed by atoms with Gasteiger partial charge in [-0.25, -0.2) is 0 Å². The molecule has 18 heavy (non-hydrogen) atoms. The predicted octanol–water partition coefficient (Wildman–Crippen LogP) is 3.03. The van der Waals surface area contributed by atoms with Gasteiger partial charge < -0.3 is 10.6 Å². The van der Waals surface area contributed by atoms with E-state index in [9.17, 15) is 0 Å². The predicted molar refractivity (Wildman–Crippen MR) is 76.1 cm³/mol. The summed E-state index contributed by atoms with van der Waals surface area (Å²) in [4.78, 5) is 13.3. The smallest absolute Gasteiger partial charge is 0.227 e. The molecule has 0 saturated carbocycles. The van der Waals surface area contributed by atoms with Crippen LogP contribution in [0, 0.1) is 0 Å². The number of nitrogens with one attached hydrogen (secondary N) is 2. The molecule has 1 heterocycles. The molecule has 0 amide bonds. The van der Waals surface area contributed by atoms with E-state index in [4.69, 9.17) is 0 Å². The molecule has 0 aliphatic heterocycles. The van der Waals surface area contributed by atoms with Crippen molar-refractivity contribution in [2.45, 2.75) is 52.9 Å². The summed E-state index contributed by atoms with van der Waals surface area (Å²) in [5.41, 5.74) is 0. The maximum absolute atomic E-state index is 4.48. The van der Waals surface area contributed by atoms with E-state index < -0.39 is 0 Å². The van der Waals surface area contributed by atoms with Crippen molar-refractivity contribution in [1.82, 2.24) is 15.0 Å². The molecular formula is C13H25N5. The molecule has 102 valence electrons. The number of hydrogen-bond acceptors (Lipinski definition) is 5. The van der Waals surface area contributed by atoms with Crippen LogP contribution in [0.2, 0.25) is 0 Å². The second kappa shape index (κ2) is 7.84. The van der Waals surface area contributed by atoms with E-state index in [0.717, 1.165) is 38.2 Å². The van der Waals surface area contributed by atoms with Crippen molar-refractivity contribution in [2.75, 3.05) is 23.7 Å². The summed E-state index contributed by atoms with van der Waals surface area (Å²) in [6, 6.07) is 0. The Morgan fingerprint density at radius 1 is 0.889 bits per heavy atom. The van der Waals surface area contributed by atoms with Crippen LogP contribution in [0.3, 0.4) is 0 Å². The first-order chi connectivity index (χ1) is 8.71. The highest BCUT2D eigenvalue weighted by molar-refractivity contribution is 5.34. The Labute approximate surface area is 110 Å². The Hall–Kier alpha value is -1.39. The van der Waals surface area contributed by atoms with E-state index in [1.807, 2.05) is 0 Å². The SMILES string of the molecule is CCCNc1nc(NCCC)nc(C(C)CC)n1. The van der Waals surface area contributed by atoms with Crippen LogP contribution in [-0.4, -0.2) is 28.0 Å². The minimum absolute atomic E-state index is 0.359. The molecular weight excluding hydrogens is 226 g/mol. The average molecular weight is 251 g/mol. The Bertz CT molecular complexity index is 327. The van der Waals surface area contributed by atoms with Crippen molar-refractivity contribution < 1.29 is 0 Å². The maximum Gasteiger partial charge on any atom is 0.227 e. The molecule has 1 aromatic rings. The standard InChI is InChI=1S/C13H25N5/c1-5-8-14-12-16-11(10(4)7-3)17-13(18-12)15-9-6-2/h10H,5-9H2,1-4H3,(H2,14,15,16,17,18). The highest BCUT2D eigenvalue weighted by Crippen LogP contribution is 2.17. The van der Waals surface area contributed by atoms with Crippen molar-refractivity contribution >= 4 is 11.9 Å². The second-order valence-corrected chi connectivity index (χ2v) is 4.50. The quantitative estimate of drug-likeness (QED) is 0.743. The van der Waals surface area contributed by atoms with Gasteiger partial charge in [-0.05, 0) is 19.3 Å². The Morgan fingerprint density at radius 3 is 1.78 bits per heavy atom. The highest BCUT2D eigenvalue weighted by atomic mass is 15.2. The lowest BCUT2D eigenvalue weighted by molar-refractivity contribution is 0.673. The molecule has 0 aromatic carbocycles. The van der Waals surface area contributed by atoms with E-state index in [1.54, 1.807) is 0 Å². The number of anilines is 2. The third kappa shape index (κ3) is 4.47. The van der Waals surface area contributed by atoms with Gasteiger partial charge in [-0.15, -0.1) is 0 Å². The number of rotatable bonds is 8. The van der Waals surface area contributed by atoms with Gasteiger partial charge in [-0.2, -0.15) is 15.0 Å². The van der Waals surface area contributed by atoms with Crippen molar-refractivity contribution in [2.24, 2.45) is 0 Å². The fourth-order valence-corrected chi connectivity index (χ4v) is 1.43. The van der Waals surface area contributed by atoms with Crippen LogP contribution in [0.1, 0.15) is 58.7 Å². The molecule has 1 unspecified atom stereocenters.